The van der Waals surface area contributed by atoms with Gasteiger partial charge in [0.25, 0.3) is 0 Å². The number of aliphatic carboxylic acids is 1. The van der Waals surface area contributed by atoms with Gasteiger partial charge >= 0.3 is 5.97 Å². The van der Waals surface area contributed by atoms with Crippen LogP contribution in [-0.2, 0) is 14.3 Å². The molecule has 120 valence electrons. The number of ether oxygens (including phenoxy) is 1. The molecule has 2 fully saturated rings. The molecule has 1 saturated heterocycles. The van der Waals surface area contributed by atoms with Gasteiger partial charge in [0.15, 0.2) is 0 Å². The highest BCUT2D eigenvalue weighted by Crippen LogP contribution is 2.36. The summed E-state index contributed by atoms with van der Waals surface area (Å²) < 4.78 is 5.32. The maximum absolute atomic E-state index is 12.3. The zero-order valence-electron chi connectivity index (χ0n) is 12.9. The second-order valence-electron chi connectivity index (χ2n) is 6.60. The molecule has 0 aromatic carbocycles. The molecule has 1 atom stereocenters. The van der Waals surface area contributed by atoms with E-state index >= 15 is 0 Å². The van der Waals surface area contributed by atoms with Crippen molar-refractivity contribution in [2.45, 2.75) is 51.9 Å². The van der Waals surface area contributed by atoms with Gasteiger partial charge in [-0.2, -0.15) is 0 Å². The summed E-state index contributed by atoms with van der Waals surface area (Å²) in [5.41, 5.74) is -0.747. The molecule has 5 nitrogen and oxygen atoms in total. The summed E-state index contributed by atoms with van der Waals surface area (Å²) in [5.74, 6) is -0.483. The fraction of sp³-hybridized carbons (Fsp3) is 0.875. The van der Waals surface area contributed by atoms with Crippen molar-refractivity contribution in [1.82, 2.24) is 5.32 Å². The second-order valence-corrected chi connectivity index (χ2v) is 6.60. The van der Waals surface area contributed by atoms with Gasteiger partial charge in [-0.05, 0) is 31.6 Å². The number of amides is 1. The fourth-order valence-corrected chi connectivity index (χ4v) is 3.54. The van der Waals surface area contributed by atoms with Crippen LogP contribution in [0, 0.1) is 17.3 Å². The molecule has 2 rings (SSSR count). The predicted molar refractivity (Wildman–Crippen MR) is 78.9 cm³/mol. The Morgan fingerprint density at radius 3 is 2.43 bits per heavy atom. The number of nitrogens with one attached hydrogen (secondary N) is 1. The standard InChI is InChI=1S/C16H27NO4/c1-12(13-5-9-21-10-6-13)14(18)17-11-16(15(19)20)7-3-2-4-8-16/h12-13H,2-11H2,1H3,(H,17,18)(H,19,20). The Labute approximate surface area is 126 Å². The van der Waals surface area contributed by atoms with Crippen molar-refractivity contribution in [2.75, 3.05) is 19.8 Å². The highest BCUT2D eigenvalue weighted by molar-refractivity contribution is 5.80. The van der Waals surface area contributed by atoms with Gasteiger partial charge in [0.1, 0.15) is 0 Å². The maximum atomic E-state index is 12.3. The van der Waals surface area contributed by atoms with E-state index in [9.17, 15) is 14.7 Å². The van der Waals surface area contributed by atoms with E-state index in [4.69, 9.17) is 4.74 Å². The lowest BCUT2D eigenvalue weighted by Gasteiger charge is -2.34. The Kier molecular flexibility index (Phi) is 5.62. The van der Waals surface area contributed by atoms with Crippen molar-refractivity contribution < 1.29 is 19.4 Å². The zero-order valence-corrected chi connectivity index (χ0v) is 12.9. The van der Waals surface area contributed by atoms with Crippen LogP contribution < -0.4 is 5.32 Å². The van der Waals surface area contributed by atoms with E-state index in [0.717, 1.165) is 45.3 Å². The first-order valence-electron chi connectivity index (χ1n) is 8.14. The predicted octanol–water partition coefficient (Wildman–Crippen LogP) is 2.20. The number of carbonyl (C=O) groups is 2. The monoisotopic (exact) mass is 297 g/mol. The van der Waals surface area contributed by atoms with E-state index in [-0.39, 0.29) is 18.4 Å². The first kappa shape index (κ1) is 16.3. The average Bonchev–Trinajstić information content (AvgIpc) is 2.53. The molecule has 1 heterocycles. The number of carboxylic acid groups (broad SMARTS) is 1. The normalized spacial score (nSPS) is 24.2. The smallest absolute Gasteiger partial charge is 0.311 e. The van der Waals surface area contributed by atoms with Gasteiger partial charge in [0.05, 0.1) is 5.41 Å². The minimum Gasteiger partial charge on any atom is -0.481 e. The summed E-state index contributed by atoms with van der Waals surface area (Å²) in [7, 11) is 0. The largest absolute Gasteiger partial charge is 0.481 e. The number of hydrogen-bond acceptors (Lipinski definition) is 3. The van der Waals surface area contributed by atoms with Crippen LogP contribution in [0.4, 0.5) is 0 Å². The first-order valence-corrected chi connectivity index (χ1v) is 8.14. The highest BCUT2D eigenvalue weighted by atomic mass is 16.5. The molecule has 2 aliphatic rings. The van der Waals surface area contributed by atoms with Crippen molar-refractivity contribution in [3.05, 3.63) is 0 Å². The van der Waals surface area contributed by atoms with Crippen LogP contribution in [0.3, 0.4) is 0 Å². The topological polar surface area (TPSA) is 75.6 Å². The summed E-state index contributed by atoms with van der Waals surface area (Å²) in [6.07, 6.45) is 6.16. The Bertz CT molecular complexity index is 370. The quantitative estimate of drug-likeness (QED) is 0.815. The number of carboxylic acids is 1. The highest BCUT2D eigenvalue weighted by Gasteiger charge is 2.40. The molecule has 1 amide bonds. The lowest BCUT2D eigenvalue weighted by Crippen LogP contribution is -2.46. The molecule has 0 aromatic heterocycles. The first-order chi connectivity index (χ1) is 10.1. The molecule has 0 aromatic rings. The summed E-state index contributed by atoms with van der Waals surface area (Å²) in [6, 6.07) is 0. The van der Waals surface area contributed by atoms with Crippen LogP contribution >= 0.6 is 0 Å². The summed E-state index contributed by atoms with van der Waals surface area (Å²) in [6.45, 7) is 3.66. The summed E-state index contributed by atoms with van der Waals surface area (Å²) >= 11 is 0. The number of rotatable bonds is 5. The fourth-order valence-electron chi connectivity index (χ4n) is 3.54. The average molecular weight is 297 g/mol. The van der Waals surface area contributed by atoms with E-state index in [1.165, 1.54) is 0 Å². The zero-order chi connectivity index (χ0) is 15.3. The molecular formula is C16H27NO4. The van der Waals surface area contributed by atoms with Crippen LogP contribution in [0.2, 0.25) is 0 Å². The molecule has 1 unspecified atom stereocenters. The lowest BCUT2D eigenvalue weighted by molar-refractivity contribution is -0.151. The SMILES string of the molecule is CC(C(=O)NCC1(C(=O)O)CCCCC1)C1CCOCC1. The third-order valence-electron chi connectivity index (χ3n) is 5.25. The van der Waals surface area contributed by atoms with Crippen LogP contribution in [0.5, 0.6) is 0 Å². The Balaban J connectivity index is 1.87. The number of hydrogen-bond donors (Lipinski definition) is 2. The minimum absolute atomic E-state index is 0.00639. The van der Waals surface area contributed by atoms with Crippen molar-refractivity contribution in [3.8, 4) is 0 Å². The molecule has 0 bridgehead atoms. The van der Waals surface area contributed by atoms with Gasteiger partial charge < -0.3 is 15.2 Å². The molecule has 5 heteroatoms. The van der Waals surface area contributed by atoms with E-state index in [1.807, 2.05) is 6.92 Å². The van der Waals surface area contributed by atoms with Crippen LogP contribution in [-0.4, -0.2) is 36.7 Å². The van der Waals surface area contributed by atoms with Gasteiger partial charge in [-0.3, -0.25) is 9.59 Å². The maximum Gasteiger partial charge on any atom is 0.311 e. The second kappa shape index (κ2) is 7.25. The van der Waals surface area contributed by atoms with Crippen molar-refractivity contribution >= 4 is 11.9 Å². The third kappa shape index (κ3) is 3.96. The molecule has 1 aliphatic carbocycles. The number of carbonyl (C=O) groups excluding carboxylic acids is 1. The molecule has 1 aliphatic heterocycles. The molecule has 2 N–H and O–H groups in total. The van der Waals surface area contributed by atoms with Gasteiger partial charge in [-0.1, -0.05) is 26.2 Å². The van der Waals surface area contributed by atoms with Crippen LogP contribution in [0.1, 0.15) is 51.9 Å². The molecular weight excluding hydrogens is 270 g/mol. The van der Waals surface area contributed by atoms with Gasteiger partial charge in [-0.25, -0.2) is 0 Å². The third-order valence-corrected chi connectivity index (χ3v) is 5.25. The van der Waals surface area contributed by atoms with E-state index < -0.39 is 11.4 Å². The lowest BCUT2D eigenvalue weighted by atomic mass is 9.74. The summed E-state index contributed by atoms with van der Waals surface area (Å²) in [5, 5.41) is 12.4. The van der Waals surface area contributed by atoms with Gasteiger partial charge in [-0.15, -0.1) is 0 Å². The van der Waals surface area contributed by atoms with Crippen LogP contribution in [0.25, 0.3) is 0 Å². The van der Waals surface area contributed by atoms with Crippen LogP contribution in [0.15, 0.2) is 0 Å². The van der Waals surface area contributed by atoms with E-state index in [1.54, 1.807) is 0 Å². The van der Waals surface area contributed by atoms with E-state index in [2.05, 4.69) is 5.32 Å². The molecule has 21 heavy (non-hydrogen) atoms. The van der Waals surface area contributed by atoms with Gasteiger partial charge in [0, 0.05) is 25.7 Å². The molecule has 1 saturated carbocycles. The Morgan fingerprint density at radius 2 is 1.86 bits per heavy atom. The minimum atomic E-state index is -0.763. The van der Waals surface area contributed by atoms with Crippen molar-refractivity contribution in [1.29, 1.82) is 0 Å². The molecule has 0 radical (unpaired) electrons. The Hall–Kier alpha value is -1.10. The van der Waals surface area contributed by atoms with Crippen molar-refractivity contribution in [3.63, 3.8) is 0 Å². The van der Waals surface area contributed by atoms with Crippen molar-refractivity contribution in [2.24, 2.45) is 17.3 Å². The molecule has 0 spiro atoms. The summed E-state index contributed by atoms with van der Waals surface area (Å²) in [4.78, 5) is 23.9. The Morgan fingerprint density at radius 1 is 1.24 bits per heavy atom. The van der Waals surface area contributed by atoms with E-state index in [0.29, 0.717) is 18.8 Å². The van der Waals surface area contributed by atoms with Gasteiger partial charge in [0.2, 0.25) is 5.91 Å².